The molecule has 1 amide bonds. The van der Waals surface area contributed by atoms with Crippen molar-refractivity contribution in [3.8, 4) is 23.1 Å². The molecule has 0 bridgehead atoms. The summed E-state index contributed by atoms with van der Waals surface area (Å²) in [5, 5.41) is 13.3. The van der Waals surface area contributed by atoms with Crippen LogP contribution < -0.4 is 10.1 Å². The van der Waals surface area contributed by atoms with E-state index in [1.807, 2.05) is 17.6 Å². The van der Waals surface area contributed by atoms with Crippen molar-refractivity contribution in [2.75, 3.05) is 11.9 Å². The van der Waals surface area contributed by atoms with Gasteiger partial charge in [-0.3, -0.25) is 5.32 Å². The van der Waals surface area contributed by atoms with Crippen LogP contribution >= 0.6 is 0 Å². The van der Waals surface area contributed by atoms with Gasteiger partial charge in [0.05, 0.1) is 23.4 Å². The lowest BCUT2D eigenvalue weighted by Crippen LogP contribution is -2.14. The molecule has 8 heteroatoms. The number of hydrogen-bond donors (Lipinski definition) is 1. The third-order valence-corrected chi connectivity index (χ3v) is 5.33. The average molecular weight is 439 g/mol. The Balaban J connectivity index is 1.80. The van der Waals surface area contributed by atoms with Gasteiger partial charge in [0, 0.05) is 29.2 Å². The number of halogens is 2. The highest BCUT2D eigenvalue weighted by Gasteiger charge is 2.27. The summed E-state index contributed by atoms with van der Waals surface area (Å²) in [5.41, 5.74) is 3.09. The Morgan fingerprint density at radius 2 is 2.09 bits per heavy atom. The number of nitriles is 1. The fourth-order valence-corrected chi connectivity index (χ4v) is 3.76. The standard InChI is InChI=1S/C24H23F2N3O3/c1-2-10-31-24(30)28-17-5-3-4-16(11-17)22-20(13-27)19-9-8-18(32-23(25)26)12-21(19)29(22)14-15-6-7-15/h3-5,8-9,11-12,15,23H,2,6-7,10,14H2,1H3,(H,28,30). The number of benzene rings is 2. The van der Waals surface area contributed by atoms with Gasteiger partial charge in [-0.1, -0.05) is 19.1 Å². The van der Waals surface area contributed by atoms with Crippen molar-refractivity contribution in [3.05, 3.63) is 48.0 Å². The maximum Gasteiger partial charge on any atom is 0.411 e. The highest BCUT2D eigenvalue weighted by Crippen LogP contribution is 2.40. The van der Waals surface area contributed by atoms with E-state index in [0.717, 1.165) is 24.8 Å². The molecule has 2 aromatic carbocycles. The molecular formula is C24H23F2N3O3. The van der Waals surface area contributed by atoms with Crippen LogP contribution in [0, 0.1) is 17.2 Å². The molecule has 0 saturated heterocycles. The molecule has 1 N–H and O–H groups in total. The molecular weight excluding hydrogens is 416 g/mol. The summed E-state index contributed by atoms with van der Waals surface area (Å²) in [6.07, 6.45) is 2.34. The van der Waals surface area contributed by atoms with E-state index in [2.05, 4.69) is 16.1 Å². The van der Waals surface area contributed by atoms with E-state index in [4.69, 9.17) is 4.74 Å². The molecule has 0 spiro atoms. The minimum absolute atomic E-state index is 0.0483. The zero-order valence-electron chi connectivity index (χ0n) is 17.6. The van der Waals surface area contributed by atoms with Gasteiger partial charge in [0.2, 0.25) is 0 Å². The third-order valence-electron chi connectivity index (χ3n) is 5.33. The van der Waals surface area contributed by atoms with Gasteiger partial charge in [-0.15, -0.1) is 0 Å². The van der Waals surface area contributed by atoms with Gasteiger partial charge in [0.1, 0.15) is 11.8 Å². The van der Waals surface area contributed by atoms with Crippen LogP contribution in [0.15, 0.2) is 42.5 Å². The van der Waals surface area contributed by atoms with Gasteiger partial charge < -0.3 is 14.0 Å². The first-order chi connectivity index (χ1) is 15.5. The minimum Gasteiger partial charge on any atom is -0.449 e. The number of nitrogens with zero attached hydrogens (tertiary/aromatic N) is 2. The molecule has 1 heterocycles. The molecule has 4 rings (SSSR count). The predicted molar refractivity (Wildman–Crippen MR) is 117 cm³/mol. The van der Waals surface area contributed by atoms with Crippen molar-refractivity contribution in [2.45, 2.75) is 39.3 Å². The second kappa shape index (κ2) is 9.27. The fraction of sp³-hybridized carbons (Fsp3) is 0.333. The Morgan fingerprint density at radius 3 is 2.78 bits per heavy atom. The topological polar surface area (TPSA) is 76.3 Å². The Morgan fingerprint density at radius 1 is 1.28 bits per heavy atom. The third kappa shape index (κ3) is 4.67. The molecule has 1 saturated carbocycles. The Hall–Kier alpha value is -3.60. The van der Waals surface area contributed by atoms with Crippen LogP contribution in [-0.4, -0.2) is 23.9 Å². The molecule has 0 radical (unpaired) electrons. The number of anilines is 1. The van der Waals surface area contributed by atoms with E-state index >= 15 is 0 Å². The maximum atomic E-state index is 12.8. The number of nitrogens with one attached hydrogen (secondary N) is 1. The Kier molecular flexibility index (Phi) is 6.26. The van der Waals surface area contributed by atoms with Crippen LogP contribution in [0.1, 0.15) is 31.7 Å². The van der Waals surface area contributed by atoms with Crippen LogP contribution in [0.4, 0.5) is 19.3 Å². The highest BCUT2D eigenvalue weighted by molar-refractivity contribution is 5.96. The van der Waals surface area contributed by atoms with Gasteiger partial charge in [-0.25, -0.2) is 4.79 Å². The number of rotatable bonds is 8. The second-order valence-electron chi connectivity index (χ2n) is 7.79. The summed E-state index contributed by atoms with van der Waals surface area (Å²) < 4.78 is 37.2. The molecule has 3 aromatic rings. The molecule has 6 nitrogen and oxygen atoms in total. The molecule has 1 aliphatic carbocycles. The van der Waals surface area contributed by atoms with Crippen molar-refractivity contribution in [1.82, 2.24) is 4.57 Å². The number of amides is 1. The SMILES string of the molecule is CCCOC(=O)Nc1cccc(-c2c(C#N)c3ccc(OC(F)F)cc3n2CC2CC2)c1. The van der Waals surface area contributed by atoms with Gasteiger partial charge in [-0.2, -0.15) is 14.0 Å². The summed E-state index contributed by atoms with van der Waals surface area (Å²) in [5.74, 6) is 0.521. The first-order valence-corrected chi connectivity index (χ1v) is 10.6. The molecule has 166 valence electrons. The van der Waals surface area contributed by atoms with E-state index in [9.17, 15) is 18.8 Å². The minimum atomic E-state index is -2.93. The summed E-state index contributed by atoms with van der Waals surface area (Å²) in [6, 6.07) is 14.1. The quantitative estimate of drug-likeness (QED) is 0.457. The van der Waals surface area contributed by atoms with Gasteiger partial charge in [-0.05, 0) is 49.4 Å². The monoisotopic (exact) mass is 439 g/mol. The highest BCUT2D eigenvalue weighted by atomic mass is 19.3. The van der Waals surface area contributed by atoms with E-state index < -0.39 is 12.7 Å². The molecule has 1 fully saturated rings. The summed E-state index contributed by atoms with van der Waals surface area (Å²) >= 11 is 0. The first-order valence-electron chi connectivity index (χ1n) is 10.6. The maximum absolute atomic E-state index is 12.8. The first kappa shape index (κ1) is 21.6. The number of alkyl halides is 2. The zero-order chi connectivity index (χ0) is 22.7. The van der Waals surface area contributed by atoms with Crippen LogP contribution in [0.5, 0.6) is 5.75 Å². The van der Waals surface area contributed by atoms with Crippen molar-refractivity contribution >= 4 is 22.7 Å². The second-order valence-corrected chi connectivity index (χ2v) is 7.79. The van der Waals surface area contributed by atoms with Crippen LogP contribution in [-0.2, 0) is 11.3 Å². The molecule has 32 heavy (non-hydrogen) atoms. The van der Waals surface area contributed by atoms with Crippen LogP contribution in [0.25, 0.3) is 22.2 Å². The lowest BCUT2D eigenvalue weighted by molar-refractivity contribution is -0.0497. The van der Waals surface area contributed by atoms with Crippen LogP contribution in [0.3, 0.4) is 0 Å². The van der Waals surface area contributed by atoms with Gasteiger partial charge in [0.15, 0.2) is 0 Å². The van der Waals surface area contributed by atoms with Crippen molar-refractivity contribution < 1.29 is 23.0 Å². The fourth-order valence-electron chi connectivity index (χ4n) is 3.76. The molecule has 0 aliphatic heterocycles. The normalized spacial score (nSPS) is 13.2. The number of ether oxygens (including phenoxy) is 2. The molecule has 0 atom stereocenters. The summed E-state index contributed by atoms with van der Waals surface area (Å²) in [6.45, 7) is -0.0253. The van der Waals surface area contributed by atoms with E-state index in [0.29, 0.717) is 46.9 Å². The zero-order valence-corrected chi connectivity index (χ0v) is 17.6. The smallest absolute Gasteiger partial charge is 0.411 e. The Bertz CT molecular complexity index is 1180. The van der Waals surface area contributed by atoms with E-state index in [1.54, 1.807) is 30.3 Å². The number of carbonyl (C=O) groups excluding carboxylic acids is 1. The van der Waals surface area contributed by atoms with Crippen molar-refractivity contribution in [1.29, 1.82) is 5.26 Å². The molecule has 1 aromatic heterocycles. The lowest BCUT2D eigenvalue weighted by Gasteiger charge is -2.13. The average Bonchev–Trinajstić information content (AvgIpc) is 3.53. The molecule has 1 aliphatic rings. The number of fused-ring (bicyclic) bond motifs is 1. The van der Waals surface area contributed by atoms with Crippen molar-refractivity contribution in [3.63, 3.8) is 0 Å². The number of carbonyl (C=O) groups is 1. The number of aromatic nitrogens is 1. The molecule has 0 unspecified atom stereocenters. The van der Waals surface area contributed by atoms with Gasteiger partial charge >= 0.3 is 12.7 Å². The van der Waals surface area contributed by atoms with Gasteiger partial charge in [0.25, 0.3) is 0 Å². The van der Waals surface area contributed by atoms with E-state index in [1.165, 1.54) is 6.07 Å². The van der Waals surface area contributed by atoms with Crippen LogP contribution in [0.2, 0.25) is 0 Å². The summed E-state index contributed by atoms with van der Waals surface area (Å²) in [7, 11) is 0. The van der Waals surface area contributed by atoms with Crippen molar-refractivity contribution in [2.24, 2.45) is 5.92 Å². The predicted octanol–water partition coefficient (Wildman–Crippen LogP) is 6.15. The largest absolute Gasteiger partial charge is 0.449 e. The number of hydrogen-bond acceptors (Lipinski definition) is 4. The van der Waals surface area contributed by atoms with E-state index in [-0.39, 0.29) is 5.75 Å². The lowest BCUT2D eigenvalue weighted by atomic mass is 10.1. The Labute approximate surface area is 184 Å². The summed E-state index contributed by atoms with van der Waals surface area (Å²) in [4.78, 5) is 12.0.